The Morgan fingerprint density at radius 2 is 1.59 bits per heavy atom. The molecule has 0 aliphatic carbocycles. The molecule has 9 nitrogen and oxygen atoms in total. The van der Waals surface area contributed by atoms with Crippen molar-refractivity contribution in [2.45, 2.75) is 59.3 Å². The molecule has 9 heteroatoms. The minimum atomic E-state index is -0.384. The molecular formula is C40H44N4O5. The van der Waals surface area contributed by atoms with Gasteiger partial charge in [-0.25, -0.2) is 9.78 Å². The molecule has 0 spiro atoms. The number of urea groups is 1. The number of hydrogen-bond donors (Lipinski definition) is 2. The van der Waals surface area contributed by atoms with E-state index in [4.69, 9.17) is 9.47 Å². The zero-order valence-electron chi connectivity index (χ0n) is 28.8. The summed E-state index contributed by atoms with van der Waals surface area (Å²) >= 11 is 0. The first-order valence-corrected chi connectivity index (χ1v) is 16.8. The summed E-state index contributed by atoms with van der Waals surface area (Å²) in [5.41, 5.74) is 6.12. The summed E-state index contributed by atoms with van der Waals surface area (Å²) in [6, 6.07) is 27.1. The van der Waals surface area contributed by atoms with Gasteiger partial charge in [0.15, 0.2) is 0 Å². The number of fused-ring (bicyclic) bond motifs is 1. The lowest BCUT2D eigenvalue weighted by molar-refractivity contribution is -0.141. The Morgan fingerprint density at radius 3 is 2.29 bits per heavy atom. The van der Waals surface area contributed by atoms with Crippen molar-refractivity contribution in [3.8, 4) is 16.9 Å². The number of benzene rings is 3. The third kappa shape index (κ3) is 8.93. The summed E-state index contributed by atoms with van der Waals surface area (Å²) in [6.07, 6.45) is 2.78. The maximum Gasteiger partial charge on any atom is 0.326 e. The van der Waals surface area contributed by atoms with Crippen LogP contribution in [0.25, 0.3) is 22.2 Å². The van der Waals surface area contributed by atoms with Gasteiger partial charge in [0.1, 0.15) is 17.1 Å². The minimum Gasteiger partial charge on any atom is -0.493 e. The quantitative estimate of drug-likeness (QED) is 0.0968. The number of anilines is 2. The first-order chi connectivity index (χ1) is 23.6. The zero-order chi connectivity index (χ0) is 34.9. The Hall–Kier alpha value is -5.44. The monoisotopic (exact) mass is 660 g/mol. The molecule has 0 radical (unpaired) electrons. The van der Waals surface area contributed by atoms with E-state index in [1.54, 1.807) is 18.3 Å². The minimum absolute atomic E-state index is 0.0846. The molecule has 5 aromatic rings. The smallest absolute Gasteiger partial charge is 0.326 e. The van der Waals surface area contributed by atoms with Gasteiger partial charge < -0.3 is 19.8 Å². The Bertz CT molecular complexity index is 1940. The third-order valence-electron chi connectivity index (χ3n) is 8.30. The summed E-state index contributed by atoms with van der Waals surface area (Å²) in [6.45, 7) is 10.9. The van der Waals surface area contributed by atoms with Crippen LogP contribution in [0.4, 0.5) is 16.2 Å². The summed E-state index contributed by atoms with van der Waals surface area (Å²) in [7, 11) is 0. The number of ether oxygens (including phenoxy) is 2. The van der Waals surface area contributed by atoms with E-state index in [-0.39, 0.29) is 35.1 Å². The number of pyridine rings is 2. The van der Waals surface area contributed by atoms with Crippen LogP contribution < -0.4 is 20.5 Å². The van der Waals surface area contributed by atoms with Crippen molar-refractivity contribution in [2.24, 2.45) is 0 Å². The summed E-state index contributed by atoms with van der Waals surface area (Å²) in [5, 5.41) is 3.98. The van der Waals surface area contributed by atoms with Crippen LogP contribution in [-0.4, -0.2) is 41.7 Å². The molecular weight excluding hydrogens is 616 g/mol. The van der Waals surface area contributed by atoms with Crippen LogP contribution in [0.1, 0.15) is 69.6 Å². The van der Waals surface area contributed by atoms with Gasteiger partial charge in [0, 0.05) is 37.2 Å². The highest BCUT2D eigenvalue weighted by Crippen LogP contribution is 2.38. The number of nitrogens with one attached hydrogen (secondary N) is 2. The van der Waals surface area contributed by atoms with Crippen LogP contribution in [0.3, 0.4) is 0 Å². The number of aromatic amines is 1. The average molecular weight is 661 g/mol. The maximum atomic E-state index is 14.4. The van der Waals surface area contributed by atoms with Crippen molar-refractivity contribution in [3.05, 3.63) is 118 Å². The number of rotatable bonds is 13. The van der Waals surface area contributed by atoms with Crippen LogP contribution >= 0.6 is 0 Å². The van der Waals surface area contributed by atoms with E-state index in [2.05, 4.69) is 55.1 Å². The van der Waals surface area contributed by atoms with Gasteiger partial charge in [-0.05, 0) is 88.5 Å². The van der Waals surface area contributed by atoms with E-state index in [1.165, 1.54) is 11.8 Å². The van der Waals surface area contributed by atoms with Crippen LogP contribution in [-0.2, 0) is 16.0 Å². The number of aromatic nitrogens is 2. The molecule has 2 heterocycles. The highest BCUT2D eigenvalue weighted by atomic mass is 16.5. The molecule has 0 saturated heterocycles. The Labute approximate surface area is 287 Å². The van der Waals surface area contributed by atoms with E-state index in [0.717, 1.165) is 44.6 Å². The highest BCUT2D eigenvalue weighted by Gasteiger charge is 2.24. The fraction of sp³-hybridized carbons (Fsp3) is 0.300. The molecule has 0 unspecified atom stereocenters. The molecule has 3 aromatic carbocycles. The first-order valence-electron chi connectivity index (χ1n) is 16.8. The van der Waals surface area contributed by atoms with Crippen LogP contribution in [0, 0.1) is 0 Å². The second-order valence-corrected chi connectivity index (χ2v) is 12.7. The molecule has 2 aromatic heterocycles. The van der Waals surface area contributed by atoms with Gasteiger partial charge in [-0.1, -0.05) is 70.2 Å². The fourth-order valence-corrected chi connectivity index (χ4v) is 5.75. The normalized spacial score (nSPS) is 11.2. The van der Waals surface area contributed by atoms with Gasteiger partial charge in [0.25, 0.3) is 5.56 Å². The predicted molar refractivity (Wildman–Crippen MR) is 196 cm³/mol. The van der Waals surface area contributed by atoms with Crippen LogP contribution in [0.2, 0.25) is 0 Å². The summed E-state index contributed by atoms with van der Waals surface area (Å²) in [4.78, 5) is 47.5. The largest absolute Gasteiger partial charge is 0.493 e. The Balaban J connectivity index is 1.48. The third-order valence-corrected chi connectivity index (χ3v) is 8.30. The van der Waals surface area contributed by atoms with Gasteiger partial charge in [0.05, 0.1) is 13.2 Å². The second-order valence-electron chi connectivity index (χ2n) is 12.7. The fourth-order valence-electron chi connectivity index (χ4n) is 5.75. The topological polar surface area (TPSA) is 114 Å². The molecule has 0 aliphatic heterocycles. The molecule has 5 rings (SSSR count). The number of esters is 1. The number of H-pyrrole nitrogens is 1. The lowest BCUT2D eigenvalue weighted by Crippen LogP contribution is -2.40. The van der Waals surface area contributed by atoms with Crippen LogP contribution in [0.5, 0.6) is 5.75 Å². The highest BCUT2D eigenvalue weighted by molar-refractivity contribution is 6.03. The first kappa shape index (κ1) is 34.9. The number of carbonyl (C=O) groups excluding carboxylic acids is 2. The maximum absolute atomic E-state index is 14.4. The molecule has 0 saturated carbocycles. The number of amides is 2. The lowest BCUT2D eigenvalue weighted by Gasteiger charge is -2.27. The number of hydrogen-bond acceptors (Lipinski definition) is 6. The van der Waals surface area contributed by atoms with Gasteiger partial charge in [-0.2, -0.15) is 0 Å². The molecule has 2 N–H and O–H groups in total. The van der Waals surface area contributed by atoms with Gasteiger partial charge in [-0.3, -0.25) is 14.5 Å². The standard InChI is InChI=1S/C40H44N4O5/c1-26(2)34-23-32(30-14-9-16-33(22-30)49-21-11-20-48-28(5)45)24-35(27(3)4)37(34)42-40(47)44(19-17-29-12-7-6-8-13-29)36-25-31-15-10-18-41-38(31)43-39(36)46/h6-10,12-16,18,22-27H,11,17,19-21H2,1-5H3,(H,42,47)(H,41,43,46). The van der Waals surface area contributed by atoms with E-state index in [0.29, 0.717) is 38.2 Å². The molecule has 2 amide bonds. The summed E-state index contributed by atoms with van der Waals surface area (Å²) in [5.74, 6) is 0.589. The van der Waals surface area contributed by atoms with Crippen molar-refractivity contribution >= 4 is 34.4 Å². The van der Waals surface area contributed by atoms with Crippen molar-refractivity contribution in [2.75, 3.05) is 30.0 Å². The van der Waals surface area contributed by atoms with E-state index in [1.807, 2.05) is 60.7 Å². The van der Waals surface area contributed by atoms with E-state index < -0.39 is 0 Å². The van der Waals surface area contributed by atoms with Gasteiger partial charge >= 0.3 is 12.0 Å². The van der Waals surface area contributed by atoms with Crippen molar-refractivity contribution in [1.82, 2.24) is 9.97 Å². The Morgan fingerprint density at radius 1 is 0.857 bits per heavy atom. The SMILES string of the molecule is CC(=O)OCCCOc1cccc(-c2cc(C(C)C)c(NC(=O)N(CCc3ccccc3)c3cc4cccnc4[nH]c3=O)c(C(C)C)c2)c1. The van der Waals surface area contributed by atoms with E-state index >= 15 is 0 Å². The predicted octanol–water partition coefficient (Wildman–Crippen LogP) is 8.45. The van der Waals surface area contributed by atoms with Gasteiger partial charge in [-0.15, -0.1) is 0 Å². The van der Waals surface area contributed by atoms with Crippen molar-refractivity contribution < 1.29 is 19.1 Å². The van der Waals surface area contributed by atoms with Crippen molar-refractivity contribution in [1.29, 1.82) is 0 Å². The summed E-state index contributed by atoms with van der Waals surface area (Å²) < 4.78 is 11.0. The number of nitrogens with zero attached hydrogens (tertiary/aromatic N) is 2. The molecule has 254 valence electrons. The Kier molecular flexibility index (Phi) is 11.5. The molecule has 0 fully saturated rings. The molecule has 49 heavy (non-hydrogen) atoms. The van der Waals surface area contributed by atoms with Gasteiger partial charge in [0.2, 0.25) is 0 Å². The second kappa shape index (κ2) is 16.1. The average Bonchev–Trinajstić information content (AvgIpc) is 3.08. The zero-order valence-corrected chi connectivity index (χ0v) is 28.8. The lowest BCUT2D eigenvalue weighted by atomic mass is 9.88. The number of carbonyl (C=O) groups is 2. The van der Waals surface area contributed by atoms with Crippen molar-refractivity contribution in [3.63, 3.8) is 0 Å². The molecule has 0 bridgehead atoms. The van der Waals surface area contributed by atoms with Crippen LogP contribution in [0.15, 0.2) is 95.9 Å². The molecule has 0 aliphatic rings. The van der Waals surface area contributed by atoms with E-state index in [9.17, 15) is 14.4 Å². The molecule has 0 atom stereocenters.